The van der Waals surface area contributed by atoms with Crippen LogP contribution in [-0.4, -0.2) is 28.9 Å². The monoisotopic (exact) mass is 588 g/mol. The normalized spacial score (nSPS) is 13.4. The molecule has 0 spiro atoms. The van der Waals surface area contributed by atoms with Crippen molar-refractivity contribution in [3.05, 3.63) is 78.9 Å². The van der Waals surface area contributed by atoms with Crippen LogP contribution in [0.5, 0.6) is 0 Å². The molecule has 2 heterocycles. The molecule has 1 fully saturated rings. The fourth-order valence-corrected chi connectivity index (χ4v) is 4.71. The van der Waals surface area contributed by atoms with Crippen molar-refractivity contribution in [2.75, 3.05) is 23.3 Å². The summed E-state index contributed by atoms with van der Waals surface area (Å²) < 4.78 is 6.84. The van der Waals surface area contributed by atoms with Gasteiger partial charge in [0.15, 0.2) is 5.58 Å². The van der Waals surface area contributed by atoms with Gasteiger partial charge in [-0.1, -0.05) is 11.6 Å². The number of halogens is 2. The van der Waals surface area contributed by atoms with Gasteiger partial charge in [0.1, 0.15) is 11.2 Å². The van der Waals surface area contributed by atoms with E-state index in [0.717, 1.165) is 29.5 Å². The average molecular weight is 589 g/mol. The molecule has 5 rings (SSSR count). The van der Waals surface area contributed by atoms with Gasteiger partial charge in [-0.05, 0) is 84.0 Å². The number of nitrogens with zero attached hydrogens (tertiary/aromatic N) is 3. The molecule has 0 radical (unpaired) electrons. The Hall–Kier alpha value is -3.18. The van der Waals surface area contributed by atoms with Crippen molar-refractivity contribution in [1.82, 2.24) is 4.98 Å². The maximum Gasteiger partial charge on any atom is 0.293 e. The molecule has 8 nitrogen and oxygen atoms in total. The van der Waals surface area contributed by atoms with Crippen molar-refractivity contribution in [2.45, 2.75) is 12.8 Å². The molecule has 1 aliphatic rings. The number of anilines is 2. The smallest absolute Gasteiger partial charge is 0.293 e. The summed E-state index contributed by atoms with van der Waals surface area (Å²) in [5.41, 5.74) is 2.97. The van der Waals surface area contributed by atoms with Gasteiger partial charge in [0.05, 0.1) is 15.5 Å². The van der Waals surface area contributed by atoms with Gasteiger partial charge in [-0.25, -0.2) is 4.98 Å². The number of fused-ring (bicyclic) bond motifs is 1. The predicted molar refractivity (Wildman–Crippen MR) is 140 cm³/mol. The number of nitro benzene ring substituents is 1. The number of nitrogens with one attached hydrogen (secondary N) is 1. The van der Waals surface area contributed by atoms with E-state index < -0.39 is 10.8 Å². The molecule has 10 heteroatoms. The van der Waals surface area contributed by atoms with Gasteiger partial charge < -0.3 is 14.6 Å². The summed E-state index contributed by atoms with van der Waals surface area (Å²) in [6.45, 7) is 1.55. The van der Waals surface area contributed by atoms with Crippen molar-refractivity contribution in [2.24, 2.45) is 0 Å². The first kappa shape index (κ1) is 22.6. The van der Waals surface area contributed by atoms with Gasteiger partial charge in [-0.2, -0.15) is 0 Å². The minimum Gasteiger partial charge on any atom is -0.436 e. The van der Waals surface area contributed by atoms with Crippen molar-refractivity contribution < 1.29 is 14.1 Å². The maximum atomic E-state index is 12.9. The van der Waals surface area contributed by atoms with Crippen molar-refractivity contribution >= 4 is 68.3 Å². The second-order valence-corrected chi connectivity index (χ2v) is 9.59. The number of hydrogen-bond acceptors (Lipinski definition) is 6. The number of oxazole rings is 1. The lowest BCUT2D eigenvalue weighted by atomic mass is 10.1. The van der Waals surface area contributed by atoms with Gasteiger partial charge in [0.2, 0.25) is 5.89 Å². The molecule has 1 amide bonds. The first-order valence-electron chi connectivity index (χ1n) is 10.6. The first-order chi connectivity index (χ1) is 16.4. The number of aromatic nitrogens is 1. The maximum absolute atomic E-state index is 12.9. The Labute approximate surface area is 213 Å². The van der Waals surface area contributed by atoms with Crippen LogP contribution in [0, 0.1) is 13.7 Å². The number of rotatable bonds is 5. The molecule has 1 N–H and O–H groups in total. The van der Waals surface area contributed by atoms with E-state index in [2.05, 4.69) is 32.9 Å². The second-order valence-electron chi connectivity index (χ2n) is 7.93. The van der Waals surface area contributed by atoms with Crippen LogP contribution < -0.4 is 10.2 Å². The Kier molecular flexibility index (Phi) is 6.13. The van der Waals surface area contributed by atoms with Crippen LogP contribution in [0.1, 0.15) is 23.2 Å². The molecular formula is C24H18ClIN4O4. The lowest BCUT2D eigenvalue weighted by Crippen LogP contribution is -2.19. The number of nitro groups is 1. The molecule has 0 atom stereocenters. The third-order valence-electron chi connectivity index (χ3n) is 5.69. The molecule has 1 saturated heterocycles. The summed E-state index contributed by atoms with van der Waals surface area (Å²) in [4.78, 5) is 30.6. The Balaban J connectivity index is 1.40. The molecule has 1 aromatic heterocycles. The van der Waals surface area contributed by atoms with E-state index in [-0.39, 0.29) is 11.3 Å². The van der Waals surface area contributed by atoms with Gasteiger partial charge in [0.25, 0.3) is 11.6 Å². The minimum absolute atomic E-state index is 0.0690. The van der Waals surface area contributed by atoms with E-state index in [9.17, 15) is 14.9 Å². The minimum atomic E-state index is -0.445. The van der Waals surface area contributed by atoms with Crippen LogP contribution in [0.15, 0.2) is 59.0 Å². The molecule has 34 heavy (non-hydrogen) atoms. The fraction of sp³-hybridized carbons (Fsp3) is 0.167. The van der Waals surface area contributed by atoms with Crippen molar-refractivity contribution in [1.29, 1.82) is 0 Å². The van der Waals surface area contributed by atoms with Gasteiger partial charge in [-0.3, -0.25) is 14.9 Å². The van der Waals surface area contributed by atoms with E-state index >= 15 is 0 Å². The molecule has 0 unspecified atom stereocenters. The third kappa shape index (κ3) is 4.45. The highest BCUT2D eigenvalue weighted by Crippen LogP contribution is 2.33. The van der Waals surface area contributed by atoms with Crippen LogP contribution in [0.4, 0.5) is 17.1 Å². The molecule has 172 valence electrons. The van der Waals surface area contributed by atoms with Gasteiger partial charge >= 0.3 is 0 Å². The Morgan fingerprint density at radius 1 is 1.12 bits per heavy atom. The van der Waals surface area contributed by atoms with E-state index in [1.807, 2.05) is 17.0 Å². The van der Waals surface area contributed by atoms with Crippen LogP contribution in [0.3, 0.4) is 0 Å². The summed E-state index contributed by atoms with van der Waals surface area (Å²) in [7, 11) is 0. The van der Waals surface area contributed by atoms with E-state index in [0.29, 0.717) is 39.0 Å². The Morgan fingerprint density at radius 3 is 2.68 bits per heavy atom. The molecule has 3 aromatic carbocycles. The zero-order valence-corrected chi connectivity index (χ0v) is 20.7. The highest BCUT2D eigenvalue weighted by atomic mass is 127. The van der Waals surface area contributed by atoms with E-state index in [1.165, 1.54) is 6.07 Å². The van der Waals surface area contributed by atoms with Crippen LogP contribution >= 0.6 is 34.2 Å². The molecule has 0 bridgehead atoms. The zero-order valence-electron chi connectivity index (χ0n) is 17.8. The van der Waals surface area contributed by atoms with Gasteiger partial charge in [-0.15, -0.1) is 0 Å². The largest absolute Gasteiger partial charge is 0.436 e. The quantitative estimate of drug-likeness (QED) is 0.162. The highest BCUT2D eigenvalue weighted by molar-refractivity contribution is 14.1. The summed E-state index contributed by atoms with van der Waals surface area (Å²) in [5.74, 6) is -0.0603. The standard InChI is InChI=1S/C24H18ClIN4O4/c25-18-6-4-15(26)12-17(18)24-28-19-13-16(5-8-22(19)34-24)27-23(31)14-3-7-20(21(11-14)30(32)33)29-9-1-2-10-29/h3-8,11-13H,1-2,9-10H2,(H,27,31). The molecular weight excluding hydrogens is 571 g/mol. The number of amides is 1. The summed E-state index contributed by atoms with van der Waals surface area (Å²) in [6.07, 6.45) is 2.00. The first-order valence-corrected chi connectivity index (χ1v) is 12.1. The van der Waals surface area contributed by atoms with Crippen LogP contribution in [-0.2, 0) is 0 Å². The fourth-order valence-electron chi connectivity index (χ4n) is 4.02. The zero-order chi connectivity index (χ0) is 23.8. The summed E-state index contributed by atoms with van der Waals surface area (Å²) in [5, 5.41) is 15.0. The van der Waals surface area contributed by atoms with Crippen molar-refractivity contribution in [3.63, 3.8) is 0 Å². The predicted octanol–water partition coefficient (Wildman–Crippen LogP) is 6.51. The van der Waals surface area contributed by atoms with Crippen LogP contribution in [0.2, 0.25) is 5.02 Å². The van der Waals surface area contributed by atoms with E-state index in [1.54, 1.807) is 36.4 Å². The molecule has 0 aliphatic carbocycles. The number of carbonyl (C=O) groups excluding carboxylic acids is 1. The summed E-state index contributed by atoms with van der Waals surface area (Å²) in [6, 6.07) is 15.2. The lowest BCUT2D eigenvalue weighted by molar-refractivity contribution is -0.384. The van der Waals surface area contributed by atoms with E-state index in [4.69, 9.17) is 16.0 Å². The average Bonchev–Trinajstić information content (AvgIpc) is 3.50. The topological polar surface area (TPSA) is 102 Å². The summed E-state index contributed by atoms with van der Waals surface area (Å²) >= 11 is 8.49. The van der Waals surface area contributed by atoms with Gasteiger partial charge in [0, 0.05) is 34.0 Å². The Bertz CT molecular complexity index is 1430. The second kappa shape index (κ2) is 9.22. The number of carbonyl (C=O) groups is 1. The lowest BCUT2D eigenvalue weighted by Gasteiger charge is -2.17. The highest BCUT2D eigenvalue weighted by Gasteiger charge is 2.24. The SMILES string of the molecule is O=C(Nc1ccc2oc(-c3cc(I)ccc3Cl)nc2c1)c1ccc(N2CCCC2)c([N+](=O)[O-])c1. The van der Waals surface area contributed by atoms with Crippen LogP contribution in [0.25, 0.3) is 22.6 Å². The van der Waals surface area contributed by atoms with Crippen molar-refractivity contribution in [3.8, 4) is 11.5 Å². The number of benzene rings is 3. The molecule has 0 saturated carbocycles. The third-order valence-corrected chi connectivity index (χ3v) is 6.69. The number of hydrogen-bond donors (Lipinski definition) is 1. The Morgan fingerprint density at radius 2 is 1.91 bits per heavy atom. The molecule has 4 aromatic rings. The molecule has 1 aliphatic heterocycles.